The standard InChI is InChI=1S/C22H21F3IN.Es/c1-2-26-21-11-10-17(19-8-3-4-9-20(19)21)15-27-13-12-16-6-5-7-18(14-16)22(23,24)25;/h3-11,14-15,27H,2,12-13H2,1H3;/q-2;. The molecule has 0 saturated heterocycles. The molecular formula is C22H21EsF3IN-2. The summed E-state index contributed by atoms with van der Waals surface area (Å²) in [4.78, 5) is 0. The fourth-order valence-corrected chi connectivity index (χ4v) is 5.11. The molecule has 28 heavy (non-hydrogen) atoms. The molecule has 0 amide bonds. The molecule has 0 aliphatic rings. The quantitative estimate of drug-likeness (QED) is 0.171. The molecule has 3 aromatic carbocycles. The largest absolute Gasteiger partial charge is 0 e. The first-order valence-electron chi connectivity index (χ1n) is 8.82. The number of benzene rings is 3. The summed E-state index contributed by atoms with van der Waals surface area (Å²) >= 11 is 0.0280. The second-order valence-corrected chi connectivity index (χ2v) is 9.58. The zero-order valence-electron chi connectivity index (χ0n) is 15.3. The van der Waals surface area contributed by atoms with Crippen molar-refractivity contribution in [3.63, 3.8) is 0 Å². The number of halogens is 4. The van der Waals surface area contributed by atoms with Gasteiger partial charge in [0.25, 0.3) is 0 Å². The van der Waals surface area contributed by atoms with E-state index in [1.54, 1.807) is 6.07 Å². The minimum absolute atomic E-state index is 0. The Kier molecular flexibility index (Phi) is 7.29. The van der Waals surface area contributed by atoms with Gasteiger partial charge in [0.15, 0.2) is 0 Å². The first kappa shape index (κ1) is 21.6. The van der Waals surface area contributed by atoms with Crippen molar-refractivity contribution in [1.29, 1.82) is 0 Å². The Balaban J connectivity index is 0.00000280. The summed E-state index contributed by atoms with van der Waals surface area (Å²) < 4.78 is 41.0. The predicted octanol–water partition coefficient (Wildman–Crippen LogP) is 2.48. The molecule has 6 heteroatoms. The third-order valence-electron chi connectivity index (χ3n) is 4.25. The molecule has 0 heterocycles. The summed E-state index contributed by atoms with van der Waals surface area (Å²) in [7, 11) is 0. The first-order valence-corrected chi connectivity index (χ1v) is 11.4. The van der Waals surface area contributed by atoms with Crippen molar-refractivity contribution in [3.8, 4) is 0 Å². The maximum atomic E-state index is 12.8. The first-order chi connectivity index (χ1) is 13.0. The normalized spacial score (nSPS) is 11.4. The zero-order valence-corrected chi connectivity index (χ0v) is 20.0. The molecule has 0 unspecified atom stereocenters. The van der Waals surface area contributed by atoms with Crippen LogP contribution >= 0.6 is 0 Å². The molecule has 0 bridgehead atoms. The smallest absolute Gasteiger partial charge is 0 e. The Morgan fingerprint density at radius 2 is 1.71 bits per heavy atom. The molecule has 1 nitrogen and oxygen atoms in total. The van der Waals surface area contributed by atoms with Gasteiger partial charge in [-0.05, 0) is 0 Å². The fourth-order valence-electron chi connectivity index (χ4n) is 2.97. The van der Waals surface area contributed by atoms with Crippen LogP contribution in [0.25, 0.3) is 10.8 Å². The average molecular weight is 735 g/mol. The van der Waals surface area contributed by atoms with Gasteiger partial charge in [-0.15, -0.1) is 0 Å². The van der Waals surface area contributed by atoms with Gasteiger partial charge in [0.05, 0.1) is 0 Å². The van der Waals surface area contributed by atoms with Crippen molar-refractivity contribution in [3.05, 3.63) is 87.5 Å². The summed E-state index contributed by atoms with van der Waals surface area (Å²) in [6.45, 7) is 4.76. The SMILES string of the molecule is CC[I-]c1ccc([CH-]NCCc2cccc(C(F)(F)F)c2)c2ccccc12.[Es]. The van der Waals surface area contributed by atoms with Crippen LogP contribution in [0.3, 0.4) is 0 Å². The maximum absolute atomic E-state index is 12.8. The van der Waals surface area contributed by atoms with Gasteiger partial charge < -0.3 is 0 Å². The molecule has 0 atom stereocenters. The summed E-state index contributed by atoms with van der Waals surface area (Å²) in [5.41, 5.74) is 1.20. The molecule has 0 aromatic heterocycles. The summed E-state index contributed by atoms with van der Waals surface area (Å²) in [6, 6.07) is 18.3. The van der Waals surface area contributed by atoms with Gasteiger partial charge in [-0.2, -0.15) is 13.2 Å². The molecule has 3 aromatic rings. The maximum Gasteiger partial charge on any atom is 0 e. The van der Waals surface area contributed by atoms with Crippen LogP contribution in [-0.2, 0) is 12.6 Å². The van der Waals surface area contributed by atoms with Crippen LogP contribution < -0.4 is 26.5 Å². The minimum Gasteiger partial charge on any atom is 0 e. The Hall–Kier alpha value is -2.73. The third kappa shape index (κ3) is 5.16. The molecule has 0 spiro atoms. The Labute approximate surface area is 168 Å². The Bertz CT molecular complexity index is 912. The fraction of sp³-hybridized carbons (Fsp3) is 0.227. The van der Waals surface area contributed by atoms with E-state index in [-0.39, 0.29) is 21.2 Å². The van der Waals surface area contributed by atoms with Gasteiger partial charge in [0.1, 0.15) is 0 Å². The molecule has 0 aliphatic carbocycles. The number of fused-ring (bicyclic) bond motifs is 1. The molecule has 0 aliphatic heterocycles. The zero-order chi connectivity index (χ0) is 19.3. The summed E-state index contributed by atoms with van der Waals surface area (Å²) in [6.07, 6.45) is -3.75. The van der Waals surface area contributed by atoms with Gasteiger partial charge >= 0.3 is 155 Å². The molecular weight excluding hydrogens is 714 g/mol. The van der Waals surface area contributed by atoms with E-state index < -0.39 is 11.7 Å². The molecule has 3 rings (SSSR count). The summed E-state index contributed by atoms with van der Waals surface area (Å²) in [5, 5.41) is 5.78. The van der Waals surface area contributed by atoms with Crippen molar-refractivity contribution in [2.24, 2.45) is 0 Å². The number of hydrogen-bond acceptors (Lipinski definition) is 1. The molecule has 155 valence electrons. The topological polar surface area (TPSA) is 12.0 Å². The van der Waals surface area contributed by atoms with Crippen LogP contribution in [0.4, 0.5) is 13.2 Å². The van der Waals surface area contributed by atoms with Crippen LogP contribution in [0.2, 0.25) is 0 Å². The van der Waals surface area contributed by atoms with E-state index in [9.17, 15) is 13.2 Å². The van der Waals surface area contributed by atoms with Gasteiger partial charge in [-0.1, -0.05) is 0 Å². The van der Waals surface area contributed by atoms with Crippen LogP contribution in [0.1, 0.15) is 23.6 Å². The molecule has 1 N–H and O–H groups in total. The van der Waals surface area contributed by atoms with Gasteiger partial charge in [0, 0.05) is 0 Å². The van der Waals surface area contributed by atoms with E-state index in [2.05, 4.69) is 42.6 Å². The van der Waals surface area contributed by atoms with Gasteiger partial charge in [-0.3, -0.25) is 0 Å². The molecule has 0 saturated carbocycles. The number of rotatable bonds is 7. The average Bonchev–Trinajstić information content (AvgIpc) is 2.66. The predicted molar refractivity (Wildman–Crippen MR) is 99.7 cm³/mol. The van der Waals surface area contributed by atoms with E-state index in [1.165, 1.54) is 30.9 Å². The third-order valence-corrected chi connectivity index (χ3v) is 6.78. The van der Waals surface area contributed by atoms with Crippen LogP contribution in [-0.4, -0.2) is 11.0 Å². The van der Waals surface area contributed by atoms with Crippen molar-refractivity contribution in [2.45, 2.75) is 19.5 Å². The van der Waals surface area contributed by atoms with E-state index >= 15 is 0 Å². The second-order valence-electron chi connectivity index (χ2n) is 6.13. The number of alkyl halides is 4. The molecule has 1 radical (unpaired) electrons. The van der Waals surface area contributed by atoms with E-state index in [4.69, 9.17) is 0 Å². The second kappa shape index (κ2) is 9.46. The van der Waals surface area contributed by atoms with Crippen LogP contribution in [0, 0.1) is 10.1 Å². The monoisotopic (exact) mass is 735 g/mol. The minimum atomic E-state index is -4.29. The van der Waals surface area contributed by atoms with Crippen LogP contribution in [0.15, 0.2) is 60.7 Å². The van der Waals surface area contributed by atoms with Gasteiger partial charge in [-0.25, -0.2) is 0 Å². The van der Waals surface area contributed by atoms with E-state index in [0.717, 1.165) is 11.6 Å². The number of nitrogens with one attached hydrogen (secondary N) is 1. The van der Waals surface area contributed by atoms with Gasteiger partial charge in [0.2, 0.25) is 0 Å². The Morgan fingerprint density at radius 3 is 2.43 bits per heavy atom. The number of hydrogen-bond donors (Lipinski definition) is 1. The Morgan fingerprint density at radius 1 is 0.964 bits per heavy atom. The van der Waals surface area contributed by atoms with Crippen molar-refractivity contribution >= 4 is 10.8 Å². The van der Waals surface area contributed by atoms with E-state index in [0.29, 0.717) is 18.5 Å². The van der Waals surface area contributed by atoms with Crippen molar-refractivity contribution in [1.82, 2.24) is 5.32 Å². The van der Waals surface area contributed by atoms with Crippen LogP contribution in [0.5, 0.6) is 0 Å². The van der Waals surface area contributed by atoms with E-state index in [1.807, 2.05) is 12.6 Å². The van der Waals surface area contributed by atoms with Crippen molar-refractivity contribution in [2.75, 3.05) is 11.0 Å². The summed E-state index contributed by atoms with van der Waals surface area (Å²) in [5.74, 6) is 0. The van der Waals surface area contributed by atoms with Crippen molar-refractivity contribution < 1.29 is 34.4 Å². The molecule has 0 fully saturated rings.